The van der Waals surface area contributed by atoms with Gasteiger partial charge in [0, 0.05) is 48.7 Å². The van der Waals surface area contributed by atoms with Crippen LogP contribution in [-0.4, -0.2) is 52.0 Å². The minimum absolute atomic E-state index is 0.113. The van der Waals surface area contributed by atoms with E-state index in [4.69, 9.17) is 4.99 Å². The van der Waals surface area contributed by atoms with Gasteiger partial charge in [0.05, 0.1) is 17.8 Å². The first-order chi connectivity index (χ1) is 14.5. The Morgan fingerprint density at radius 3 is 2.53 bits per heavy atom. The van der Waals surface area contributed by atoms with Crippen molar-refractivity contribution >= 4 is 17.3 Å². The monoisotopic (exact) mass is 402 g/mol. The average molecular weight is 402 g/mol. The summed E-state index contributed by atoms with van der Waals surface area (Å²) in [5, 5.41) is 19.7. The smallest absolute Gasteiger partial charge is 0.151 e. The van der Waals surface area contributed by atoms with Gasteiger partial charge in [-0.3, -0.25) is 9.79 Å². The Balaban J connectivity index is 1.27. The maximum atomic E-state index is 12.0. The maximum Gasteiger partial charge on any atom is 0.151 e. The van der Waals surface area contributed by atoms with Gasteiger partial charge in [0.25, 0.3) is 0 Å². The lowest BCUT2D eigenvalue weighted by molar-refractivity contribution is -0.122. The first-order valence-electron chi connectivity index (χ1n) is 10.7. The molecule has 1 aromatic carbocycles. The van der Waals surface area contributed by atoms with Gasteiger partial charge in [-0.2, -0.15) is 0 Å². The van der Waals surface area contributed by atoms with Crippen LogP contribution in [0.1, 0.15) is 32.6 Å². The van der Waals surface area contributed by atoms with Gasteiger partial charge in [0.2, 0.25) is 0 Å². The van der Waals surface area contributed by atoms with Gasteiger partial charge < -0.3 is 10.0 Å². The van der Waals surface area contributed by atoms with Gasteiger partial charge in [-0.15, -0.1) is 10.2 Å². The zero-order valence-corrected chi connectivity index (χ0v) is 17.2. The van der Waals surface area contributed by atoms with Crippen molar-refractivity contribution in [2.24, 2.45) is 10.9 Å². The summed E-state index contributed by atoms with van der Waals surface area (Å²) in [7, 11) is 0. The van der Waals surface area contributed by atoms with E-state index in [0.29, 0.717) is 18.9 Å². The predicted octanol–water partition coefficient (Wildman–Crippen LogP) is 3.23. The number of rotatable bonds is 3. The zero-order chi connectivity index (χ0) is 20.7. The largest absolute Gasteiger partial charge is 0.385 e. The lowest BCUT2D eigenvalue weighted by Gasteiger charge is -2.36. The fraction of sp³-hybridized carbons (Fsp3) is 0.417. The van der Waals surface area contributed by atoms with Gasteiger partial charge in [-0.25, -0.2) is 0 Å². The first kappa shape index (κ1) is 19.1. The van der Waals surface area contributed by atoms with Crippen LogP contribution in [0.25, 0.3) is 11.3 Å². The summed E-state index contributed by atoms with van der Waals surface area (Å²) < 4.78 is 0. The van der Waals surface area contributed by atoms with Crippen molar-refractivity contribution in [1.82, 2.24) is 10.2 Å². The van der Waals surface area contributed by atoms with Crippen LogP contribution in [0.15, 0.2) is 58.6 Å². The molecule has 2 aliphatic heterocycles. The summed E-state index contributed by atoms with van der Waals surface area (Å²) in [6.07, 6.45) is 2.57. The highest BCUT2D eigenvalue weighted by atomic mass is 16.3. The Labute approximate surface area is 176 Å². The molecule has 1 aliphatic carbocycles. The Morgan fingerprint density at radius 1 is 1.07 bits per heavy atom. The SMILES string of the molecule is CC1(O)CC(=O)CC2=C1C(C1CCN(c3ccc(-c4ccccc4)nn3)CC1)=NC2. The normalized spacial score (nSPS) is 24.8. The minimum Gasteiger partial charge on any atom is -0.385 e. The van der Waals surface area contributed by atoms with Crippen LogP contribution in [0.4, 0.5) is 5.82 Å². The average Bonchev–Trinajstić information content (AvgIpc) is 3.19. The number of aliphatic hydroxyl groups is 1. The minimum atomic E-state index is -1.07. The van der Waals surface area contributed by atoms with Gasteiger partial charge in [0.15, 0.2) is 5.82 Å². The van der Waals surface area contributed by atoms with Crippen molar-refractivity contribution in [3.63, 3.8) is 0 Å². The van der Waals surface area contributed by atoms with E-state index in [0.717, 1.165) is 59.9 Å². The number of carbonyl (C=O) groups excluding carboxylic acids is 1. The molecule has 30 heavy (non-hydrogen) atoms. The Bertz CT molecular complexity index is 1020. The lowest BCUT2D eigenvalue weighted by atomic mass is 9.74. The number of carbonyl (C=O) groups is 1. The third kappa shape index (κ3) is 3.45. The van der Waals surface area contributed by atoms with E-state index in [1.54, 1.807) is 6.92 Å². The summed E-state index contributed by atoms with van der Waals surface area (Å²) in [5.74, 6) is 1.34. The van der Waals surface area contributed by atoms with E-state index in [9.17, 15) is 9.90 Å². The summed E-state index contributed by atoms with van der Waals surface area (Å²) in [5.41, 5.74) is 3.88. The summed E-state index contributed by atoms with van der Waals surface area (Å²) >= 11 is 0. The molecule has 154 valence electrons. The van der Waals surface area contributed by atoms with Crippen LogP contribution in [-0.2, 0) is 4.79 Å². The van der Waals surface area contributed by atoms with Gasteiger partial charge >= 0.3 is 0 Å². The lowest BCUT2D eigenvalue weighted by Crippen LogP contribution is -2.42. The Morgan fingerprint density at radius 2 is 1.83 bits per heavy atom. The molecule has 0 amide bonds. The fourth-order valence-electron chi connectivity index (χ4n) is 5.07. The van der Waals surface area contributed by atoms with Crippen molar-refractivity contribution in [2.45, 2.75) is 38.2 Å². The highest BCUT2D eigenvalue weighted by molar-refractivity contribution is 6.08. The van der Waals surface area contributed by atoms with Crippen LogP contribution in [0.5, 0.6) is 0 Å². The van der Waals surface area contributed by atoms with Crippen molar-refractivity contribution < 1.29 is 9.90 Å². The number of Topliss-reactive ketones (excluding diaryl/α,β-unsaturated/α-hetero) is 1. The number of benzene rings is 1. The molecular formula is C24H26N4O2. The second-order valence-electron chi connectivity index (χ2n) is 8.75. The predicted molar refractivity (Wildman–Crippen MR) is 117 cm³/mol. The Hall–Kier alpha value is -2.86. The molecule has 1 atom stereocenters. The topological polar surface area (TPSA) is 78.7 Å². The van der Waals surface area contributed by atoms with E-state index in [2.05, 4.69) is 15.1 Å². The second kappa shape index (κ2) is 7.43. The molecule has 6 nitrogen and oxygen atoms in total. The Kier molecular flexibility index (Phi) is 4.74. The number of aromatic nitrogens is 2. The number of hydrogen-bond acceptors (Lipinski definition) is 6. The van der Waals surface area contributed by atoms with Crippen LogP contribution < -0.4 is 4.90 Å². The molecule has 5 rings (SSSR count). The van der Waals surface area contributed by atoms with Crippen LogP contribution in [0, 0.1) is 5.92 Å². The summed E-state index contributed by atoms with van der Waals surface area (Å²) in [4.78, 5) is 19.0. The van der Waals surface area contributed by atoms with E-state index < -0.39 is 5.60 Å². The molecule has 1 saturated heterocycles. The van der Waals surface area contributed by atoms with Crippen LogP contribution in [0.3, 0.4) is 0 Å². The molecule has 0 radical (unpaired) electrons. The number of nitrogens with zero attached hydrogens (tertiary/aromatic N) is 4. The quantitative estimate of drug-likeness (QED) is 0.853. The number of aliphatic imine (C=N–C) groups is 1. The zero-order valence-electron chi connectivity index (χ0n) is 17.2. The van der Waals surface area contributed by atoms with Gasteiger partial charge in [0.1, 0.15) is 5.78 Å². The highest BCUT2D eigenvalue weighted by Crippen LogP contribution is 2.40. The first-order valence-corrected chi connectivity index (χ1v) is 10.7. The van der Waals surface area contributed by atoms with Gasteiger partial charge in [-0.1, -0.05) is 30.3 Å². The van der Waals surface area contributed by atoms with Crippen LogP contribution in [0.2, 0.25) is 0 Å². The molecule has 3 aliphatic rings. The highest BCUT2D eigenvalue weighted by Gasteiger charge is 2.43. The van der Waals surface area contributed by atoms with Crippen molar-refractivity contribution in [3.05, 3.63) is 53.6 Å². The number of anilines is 1. The number of hydrogen-bond donors (Lipinski definition) is 1. The van der Waals surface area contributed by atoms with Crippen molar-refractivity contribution in [2.75, 3.05) is 24.5 Å². The maximum absolute atomic E-state index is 12.0. The molecule has 6 heteroatoms. The summed E-state index contributed by atoms with van der Waals surface area (Å²) in [6.45, 7) is 4.10. The molecule has 3 heterocycles. The number of ketones is 1. The molecule has 1 aromatic heterocycles. The third-order valence-corrected chi connectivity index (χ3v) is 6.47. The molecule has 1 unspecified atom stereocenters. The standard InChI is InChI=1S/C24H26N4O2/c1-24(30)14-19(29)13-18-15-25-23(22(18)24)17-9-11-28(12-10-17)21-8-7-20(26-27-21)16-5-3-2-4-6-16/h2-8,17,30H,9-15H2,1H3. The van der Waals surface area contributed by atoms with E-state index >= 15 is 0 Å². The molecule has 0 saturated carbocycles. The molecule has 1 N–H and O–H groups in total. The number of piperidine rings is 1. The van der Waals surface area contributed by atoms with Crippen LogP contribution >= 0.6 is 0 Å². The fourth-order valence-corrected chi connectivity index (χ4v) is 5.07. The van der Waals surface area contributed by atoms with Gasteiger partial charge in [-0.05, 0) is 37.5 Å². The molecule has 1 fully saturated rings. The van der Waals surface area contributed by atoms with E-state index in [1.165, 1.54) is 0 Å². The summed E-state index contributed by atoms with van der Waals surface area (Å²) in [6, 6.07) is 14.1. The van der Waals surface area contributed by atoms with Crippen molar-refractivity contribution in [3.8, 4) is 11.3 Å². The third-order valence-electron chi connectivity index (χ3n) is 6.47. The second-order valence-corrected chi connectivity index (χ2v) is 8.75. The van der Waals surface area contributed by atoms with Crippen molar-refractivity contribution in [1.29, 1.82) is 0 Å². The molecular weight excluding hydrogens is 376 g/mol. The van der Waals surface area contributed by atoms with E-state index in [-0.39, 0.29) is 12.2 Å². The van der Waals surface area contributed by atoms with E-state index in [1.807, 2.05) is 42.5 Å². The molecule has 0 spiro atoms. The molecule has 0 bridgehead atoms. The molecule has 2 aromatic rings.